The van der Waals surface area contributed by atoms with E-state index in [0.717, 1.165) is 35.2 Å². The fourth-order valence-corrected chi connectivity index (χ4v) is 2.81. The Morgan fingerprint density at radius 3 is 2.86 bits per heavy atom. The number of hydrogen-bond acceptors (Lipinski definition) is 4. The number of aliphatic hydroxyl groups is 1. The van der Waals surface area contributed by atoms with Gasteiger partial charge in [-0.2, -0.15) is 0 Å². The average molecular weight is 283 g/mol. The largest absolute Gasteiger partial charge is 0.374 e. The molecule has 0 bridgehead atoms. The van der Waals surface area contributed by atoms with Crippen molar-refractivity contribution < 1.29 is 5.11 Å². The molecule has 0 fully saturated rings. The topological polar surface area (TPSA) is 62.4 Å². The molecular weight excluding hydrogens is 262 g/mol. The van der Waals surface area contributed by atoms with Gasteiger partial charge in [-0.3, -0.25) is 4.98 Å². The molecule has 2 heterocycles. The minimum atomic E-state index is -0.383. The van der Waals surface area contributed by atoms with E-state index in [4.69, 9.17) is 5.73 Å². The lowest BCUT2D eigenvalue weighted by Gasteiger charge is -2.32. The van der Waals surface area contributed by atoms with E-state index in [1.807, 2.05) is 31.3 Å². The summed E-state index contributed by atoms with van der Waals surface area (Å²) in [5.74, 6) is 0. The first-order valence-electron chi connectivity index (χ1n) is 7.31. The molecule has 0 amide bonds. The second kappa shape index (κ2) is 5.47. The minimum absolute atomic E-state index is 0.0173. The van der Waals surface area contributed by atoms with Crippen LogP contribution in [-0.2, 0) is 6.42 Å². The van der Waals surface area contributed by atoms with Gasteiger partial charge in [-0.25, -0.2) is 0 Å². The Kier molecular flexibility index (Phi) is 3.66. The van der Waals surface area contributed by atoms with Crippen molar-refractivity contribution in [3.63, 3.8) is 0 Å². The Hall–Kier alpha value is -1.91. The Morgan fingerprint density at radius 1 is 1.29 bits per heavy atom. The number of fused-ring (bicyclic) bond motifs is 1. The van der Waals surface area contributed by atoms with Crippen LogP contribution in [0.5, 0.6) is 0 Å². The van der Waals surface area contributed by atoms with E-state index in [9.17, 15) is 5.11 Å². The molecule has 3 rings (SSSR count). The van der Waals surface area contributed by atoms with E-state index in [1.165, 1.54) is 5.56 Å². The summed E-state index contributed by atoms with van der Waals surface area (Å²) in [6.45, 7) is 1.96. The molecule has 0 spiro atoms. The fourth-order valence-electron chi connectivity index (χ4n) is 2.81. The fraction of sp³-hybridized carbons (Fsp3) is 0.353. The van der Waals surface area contributed by atoms with Crippen molar-refractivity contribution in [2.24, 2.45) is 5.73 Å². The van der Waals surface area contributed by atoms with Gasteiger partial charge in [0.15, 0.2) is 0 Å². The van der Waals surface area contributed by atoms with Crippen LogP contribution in [0.25, 0.3) is 11.1 Å². The predicted octanol–water partition coefficient (Wildman–Crippen LogP) is 2.47. The third-order valence-electron chi connectivity index (χ3n) is 4.20. The van der Waals surface area contributed by atoms with Crippen LogP contribution in [0.4, 0.5) is 5.69 Å². The summed E-state index contributed by atoms with van der Waals surface area (Å²) in [5.41, 5.74) is 11.6. The number of hydrogen-bond donors (Lipinski definition) is 2. The van der Waals surface area contributed by atoms with Gasteiger partial charge in [0.05, 0.1) is 0 Å². The van der Waals surface area contributed by atoms with Gasteiger partial charge < -0.3 is 15.7 Å². The predicted molar refractivity (Wildman–Crippen MR) is 85.0 cm³/mol. The number of aromatic nitrogens is 1. The standard InChI is InChI=1S/C17H21N3O/c1-11(18)14-8-15(10-19-9-14)12-3-5-16-13(7-12)4-6-17(21)20(16)2/h3,5,7-11,17,21H,4,6,18H2,1-2H3. The maximum atomic E-state index is 9.91. The molecule has 0 saturated carbocycles. The summed E-state index contributed by atoms with van der Waals surface area (Å²) in [6, 6.07) is 8.43. The highest BCUT2D eigenvalue weighted by Gasteiger charge is 2.21. The van der Waals surface area contributed by atoms with Gasteiger partial charge in [-0.15, -0.1) is 0 Å². The van der Waals surface area contributed by atoms with E-state index in [2.05, 4.69) is 29.2 Å². The van der Waals surface area contributed by atoms with Gasteiger partial charge in [0, 0.05) is 36.7 Å². The quantitative estimate of drug-likeness (QED) is 0.889. The number of aryl methyl sites for hydroxylation is 1. The first-order chi connectivity index (χ1) is 10.1. The Bertz CT molecular complexity index is 654. The second-order valence-electron chi connectivity index (χ2n) is 5.77. The molecule has 2 unspecified atom stereocenters. The van der Waals surface area contributed by atoms with Gasteiger partial charge in [-0.1, -0.05) is 6.07 Å². The van der Waals surface area contributed by atoms with Crippen LogP contribution < -0.4 is 10.6 Å². The van der Waals surface area contributed by atoms with Crippen LogP contribution in [0.1, 0.15) is 30.5 Å². The molecule has 2 atom stereocenters. The molecule has 4 nitrogen and oxygen atoms in total. The van der Waals surface area contributed by atoms with Crippen molar-refractivity contribution in [3.8, 4) is 11.1 Å². The lowest BCUT2D eigenvalue weighted by Crippen LogP contribution is -2.35. The maximum absolute atomic E-state index is 9.91. The van der Waals surface area contributed by atoms with Crippen LogP contribution >= 0.6 is 0 Å². The number of aliphatic hydroxyl groups excluding tert-OH is 1. The van der Waals surface area contributed by atoms with Crippen molar-refractivity contribution >= 4 is 5.69 Å². The molecule has 21 heavy (non-hydrogen) atoms. The number of anilines is 1. The number of rotatable bonds is 2. The third-order valence-corrected chi connectivity index (χ3v) is 4.20. The lowest BCUT2D eigenvalue weighted by atomic mass is 9.95. The van der Waals surface area contributed by atoms with Crippen molar-refractivity contribution in [3.05, 3.63) is 47.8 Å². The monoisotopic (exact) mass is 283 g/mol. The highest BCUT2D eigenvalue weighted by Crippen LogP contribution is 2.32. The zero-order valence-corrected chi connectivity index (χ0v) is 12.5. The molecule has 3 N–H and O–H groups in total. The first-order valence-corrected chi connectivity index (χ1v) is 7.31. The molecule has 1 aromatic heterocycles. The van der Waals surface area contributed by atoms with Gasteiger partial charge in [-0.05, 0) is 54.7 Å². The first kappa shape index (κ1) is 14.0. The van der Waals surface area contributed by atoms with Crippen molar-refractivity contribution in [2.75, 3.05) is 11.9 Å². The SMILES string of the molecule is CC(N)c1cncc(-c2ccc3c(c2)CCC(O)N3C)c1. The zero-order chi connectivity index (χ0) is 15.0. The van der Waals surface area contributed by atoms with Crippen LogP contribution in [0.15, 0.2) is 36.7 Å². The van der Waals surface area contributed by atoms with Gasteiger partial charge >= 0.3 is 0 Å². The van der Waals surface area contributed by atoms with E-state index in [-0.39, 0.29) is 12.3 Å². The molecule has 1 aliphatic rings. The molecule has 0 saturated heterocycles. The van der Waals surface area contributed by atoms with Crippen LogP contribution in [-0.4, -0.2) is 23.4 Å². The Morgan fingerprint density at radius 2 is 2.10 bits per heavy atom. The molecular formula is C17H21N3O. The zero-order valence-electron chi connectivity index (χ0n) is 12.5. The van der Waals surface area contributed by atoms with E-state index in [1.54, 1.807) is 0 Å². The summed E-state index contributed by atoms with van der Waals surface area (Å²) in [7, 11) is 1.93. The minimum Gasteiger partial charge on any atom is -0.374 e. The van der Waals surface area contributed by atoms with Gasteiger partial charge in [0.2, 0.25) is 0 Å². The molecule has 2 aromatic rings. The van der Waals surface area contributed by atoms with Crippen molar-refractivity contribution in [1.29, 1.82) is 0 Å². The summed E-state index contributed by atoms with van der Waals surface area (Å²) in [6.07, 6.45) is 4.97. The molecule has 110 valence electrons. The summed E-state index contributed by atoms with van der Waals surface area (Å²) in [5, 5.41) is 9.91. The summed E-state index contributed by atoms with van der Waals surface area (Å²) >= 11 is 0. The van der Waals surface area contributed by atoms with Gasteiger partial charge in [0.1, 0.15) is 6.23 Å². The van der Waals surface area contributed by atoms with Crippen LogP contribution in [0.2, 0.25) is 0 Å². The highest BCUT2D eigenvalue weighted by atomic mass is 16.3. The molecule has 0 aliphatic carbocycles. The number of nitrogens with zero attached hydrogens (tertiary/aromatic N) is 2. The van der Waals surface area contributed by atoms with Crippen LogP contribution in [0, 0.1) is 0 Å². The van der Waals surface area contributed by atoms with Gasteiger partial charge in [0.25, 0.3) is 0 Å². The Balaban J connectivity index is 1.99. The Labute approximate surface area is 125 Å². The van der Waals surface area contributed by atoms with E-state index in [0.29, 0.717) is 0 Å². The van der Waals surface area contributed by atoms with Crippen LogP contribution in [0.3, 0.4) is 0 Å². The number of nitrogens with two attached hydrogens (primary N) is 1. The average Bonchev–Trinajstić information content (AvgIpc) is 2.51. The summed E-state index contributed by atoms with van der Waals surface area (Å²) < 4.78 is 0. The smallest absolute Gasteiger partial charge is 0.126 e. The van der Waals surface area contributed by atoms with E-state index >= 15 is 0 Å². The lowest BCUT2D eigenvalue weighted by molar-refractivity contribution is 0.160. The normalized spacial score (nSPS) is 19.2. The van der Waals surface area contributed by atoms with Crippen molar-refractivity contribution in [1.82, 2.24) is 4.98 Å². The molecule has 1 aliphatic heterocycles. The van der Waals surface area contributed by atoms with E-state index < -0.39 is 0 Å². The number of benzene rings is 1. The molecule has 4 heteroatoms. The third kappa shape index (κ3) is 2.64. The highest BCUT2D eigenvalue weighted by molar-refractivity contribution is 5.69. The maximum Gasteiger partial charge on any atom is 0.126 e. The summed E-state index contributed by atoms with van der Waals surface area (Å²) in [4.78, 5) is 6.22. The molecule has 0 radical (unpaired) electrons. The molecule has 1 aromatic carbocycles. The van der Waals surface area contributed by atoms with Crippen molar-refractivity contribution in [2.45, 2.75) is 32.0 Å². The number of pyridine rings is 1. The second-order valence-corrected chi connectivity index (χ2v) is 5.77.